The van der Waals surface area contributed by atoms with E-state index >= 15 is 0 Å². The van der Waals surface area contributed by atoms with E-state index in [4.69, 9.17) is 9.98 Å². The van der Waals surface area contributed by atoms with Crippen LogP contribution in [0.5, 0.6) is 0 Å². The van der Waals surface area contributed by atoms with E-state index in [-0.39, 0.29) is 0 Å². The van der Waals surface area contributed by atoms with Crippen LogP contribution in [0.1, 0.15) is 18.1 Å². The van der Waals surface area contributed by atoms with Crippen molar-refractivity contribution in [2.75, 3.05) is 5.43 Å². The second-order valence-corrected chi connectivity index (χ2v) is 6.54. The van der Waals surface area contributed by atoms with Gasteiger partial charge >= 0.3 is 0 Å². The predicted octanol–water partition coefficient (Wildman–Crippen LogP) is 5.15. The van der Waals surface area contributed by atoms with Gasteiger partial charge in [-0.1, -0.05) is 72.8 Å². The van der Waals surface area contributed by atoms with Crippen molar-refractivity contribution in [3.05, 3.63) is 102 Å². The van der Waals surface area contributed by atoms with Crippen LogP contribution in [0.25, 0.3) is 16.6 Å². The van der Waals surface area contributed by atoms with Gasteiger partial charge < -0.3 is 0 Å². The Bertz CT molecular complexity index is 1190. The zero-order valence-corrected chi connectivity index (χ0v) is 14.9. The average molecular weight is 350 g/mol. The molecule has 0 radical (unpaired) electrons. The van der Waals surface area contributed by atoms with Crippen LogP contribution in [0.4, 0.5) is 5.95 Å². The summed E-state index contributed by atoms with van der Waals surface area (Å²) in [5.41, 5.74) is 10.7. The van der Waals surface area contributed by atoms with Gasteiger partial charge in [0, 0.05) is 16.8 Å². The number of aliphatic imine (C=N–C) groups is 1. The molecule has 27 heavy (non-hydrogen) atoms. The maximum atomic E-state index is 5.00. The number of imidazole rings is 1. The molecule has 4 nitrogen and oxygen atoms in total. The second kappa shape index (κ2) is 6.25. The highest BCUT2D eigenvalue weighted by Gasteiger charge is 2.22. The van der Waals surface area contributed by atoms with Gasteiger partial charge in [0.2, 0.25) is 0 Å². The van der Waals surface area contributed by atoms with E-state index in [0.717, 1.165) is 39.1 Å². The lowest BCUT2D eigenvalue weighted by Crippen LogP contribution is -2.13. The van der Waals surface area contributed by atoms with E-state index in [9.17, 15) is 0 Å². The van der Waals surface area contributed by atoms with Crippen molar-refractivity contribution in [1.82, 2.24) is 9.66 Å². The van der Waals surface area contributed by atoms with E-state index in [0.29, 0.717) is 5.95 Å². The van der Waals surface area contributed by atoms with Gasteiger partial charge in [-0.3, -0.25) is 5.43 Å². The van der Waals surface area contributed by atoms with Crippen LogP contribution in [0, 0.1) is 0 Å². The van der Waals surface area contributed by atoms with Crippen molar-refractivity contribution in [3.63, 3.8) is 0 Å². The van der Waals surface area contributed by atoms with Crippen LogP contribution in [0.15, 0.2) is 95.6 Å². The molecule has 0 saturated heterocycles. The Balaban J connectivity index is 1.81. The summed E-state index contributed by atoms with van der Waals surface area (Å²) < 4.78 is 1.96. The SMILES string of the molecule is CC1=C(c2ccccc2)C(c2ccccc2)=Nc2nc3ccccc3n2N1. The minimum atomic E-state index is 0.653. The van der Waals surface area contributed by atoms with Crippen molar-refractivity contribution in [1.29, 1.82) is 0 Å². The van der Waals surface area contributed by atoms with Crippen LogP contribution in [-0.4, -0.2) is 15.4 Å². The second-order valence-electron chi connectivity index (χ2n) is 6.54. The monoisotopic (exact) mass is 350 g/mol. The fourth-order valence-electron chi connectivity index (χ4n) is 3.52. The molecule has 4 aromatic rings. The zero-order chi connectivity index (χ0) is 18.2. The van der Waals surface area contributed by atoms with Gasteiger partial charge in [-0.15, -0.1) is 0 Å². The summed E-state index contributed by atoms with van der Waals surface area (Å²) in [4.78, 5) is 9.74. The minimum absolute atomic E-state index is 0.653. The molecule has 1 aliphatic heterocycles. The number of nitrogens with one attached hydrogen (secondary N) is 1. The van der Waals surface area contributed by atoms with Crippen molar-refractivity contribution in [3.8, 4) is 0 Å². The number of hydrogen-bond acceptors (Lipinski definition) is 3. The Labute approximate surface area is 157 Å². The van der Waals surface area contributed by atoms with Crippen molar-refractivity contribution in [2.45, 2.75) is 6.92 Å². The molecule has 0 bridgehead atoms. The number of hydrogen-bond donors (Lipinski definition) is 1. The van der Waals surface area contributed by atoms with Gasteiger partial charge in [-0.05, 0) is 24.6 Å². The summed E-state index contributed by atoms with van der Waals surface area (Å²) >= 11 is 0. The third-order valence-corrected chi connectivity index (χ3v) is 4.76. The summed E-state index contributed by atoms with van der Waals surface area (Å²) in [5, 5.41) is 0. The Hall–Kier alpha value is -3.66. The van der Waals surface area contributed by atoms with E-state index in [1.54, 1.807) is 0 Å². The molecule has 0 fully saturated rings. The van der Waals surface area contributed by atoms with Crippen LogP contribution >= 0.6 is 0 Å². The molecule has 1 N–H and O–H groups in total. The van der Waals surface area contributed by atoms with Gasteiger partial charge in [-0.25, -0.2) is 14.7 Å². The summed E-state index contributed by atoms with van der Waals surface area (Å²) in [5.74, 6) is 0.653. The summed E-state index contributed by atoms with van der Waals surface area (Å²) in [7, 11) is 0. The highest BCUT2D eigenvalue weighted by atomic mass is 15.5. The molecule has 0 spiro atoms. The number of nitrogens with zero attached hydrogens (tertiary/aromatic N) is 3. The molecule has 0 atom stereocenters. The normalized spacial score (nSPS) is 13.7. The molecule has 1 aliphatic rings. The van der Waals surface area contributed by atoms with Crippen LogP contribution < -0.4 is 5.43 Å². The zero-order valence-electron chi connectivity index (χ0n) is 14.9. The standard InChI is InChI=1S/C23H18N4/c1-16-21(17-10-4-2-5-11-17)22(18-12-6-3-7-13-18)25-23-24-19-14-8-9-15-20(19)27(23)26-16/h2-15,26H,1H3. The Morgan fingerprint density at radius 3 is 2.11 bits per heavy atom. The van der Waals surface area contributed by atoms with Crippen LogP contribution in [0.2, 0.25) is 0 Å². The summed E-state index contributed by atoms with van der Waals surface area (Å²) in [6.45, 7) is 2.09. The molecular formula is C23H18N4. The molecule has 0 aliphatic carbocycles. The predicted molar refractivity (Wildman–Crippen MR) is 111 cm³/mol. The van der Waals surface area contributed by atoms with Crippen molar-refractivity contribution < 1.29 is 0 Å². The number of rotatable bonds is 2. The summed E-state index contributed by atoms with van der Waals surface area (Å²) in [6.07, 6.45) is 0. The van der Waals surface area contributed by atoms with E-state index in [1.807, 2.05) is 47.1 Å². The highest BCUT2D eigenvalue weighted by molar-refractivity contribution is 6.33. The van der Waals surface area contributed by atoms with Gasteiger partial charge in [0.1, 0.15) is 0 Å². The molecule has 4 heteroatoms. The lowest BCUT2D eigenvalue weighted by atomic mass is 9.94. The number of aromatic nitrogens is 2. The Morgan fingerprint density at radius 2 is 1.37 bits per heavy atom. The maximum Gasteiger partial charge on any atom is 0.250 e. The minimum Gasteiger partial charge on any atom is -0.295 e. The quantitative estimate of drug-likeness (QED) is 0.543. The van der Waals surface area contributed by atoms with Gasteiger partial charge in [0.05, 0.1) is 16.7 Å². The largest absolute Gasteiger partial charge is 0.295 e. The lowest BCUT2D eigenvalue weighted by molar-refractivity contribution is 0.953. The van der Waals surface area contributed by atoms with Gasteiger partial charge in [-0.2, -0.15) is 0 Å². The van der Waals surface area contributed by atoms with Gasteiger partial charge in [0.15, 0.2) is 0 Å². The number of benzene rings is 3. The Morgan fingerprint density at radius 1 is 0.741 bits per heavy atom. The first-order valence-corrected chi connectivity index (χ1v) is 8.96. The van der Waals surface area contributed by atoms with E-state index in [2.05, 4.69) is 54.8 Å². The molecule has 0 amide bonds. The maximum absolute atomic E-state index is 5.00. The van der Waals surface area contributed by atoms with E-state index in [1.165, 1.54) is 0 Å². The average Bonchev–Trinajstić information content (AvgIpc) is 2.98. The molecule has 0 unspecified atom stereocenters. The van der Waals surface area contributed by atoms with Crippen molar-refractivity contribution in [2.24, 2.45) is 4.99 Å². The van der Waals surface area contributed by atoms with Gasteiger partial charge in [0.25, 0.3) is 5.95 Å². The molecule has 5 rings (SSSR count). The topological polar surface area (TPSA) is 42.2 Å². The number of allylic oxidation sites excluding steroid dienone is 2. The van der Waals surface area contributed by atoms with Crippen molar-refractivity contribution >= 4 is 28.3 Å². The fraction of sp³-hybridized carbons (Fsp3) is 0.0435. The molecule has 130 valence electrons. The van der Waals surface area contributed by atoms with Crippen LogP contribution in [0.3, 0.4) is 0 Å². The number of para-hydroxylation sites is 2. The first-order chi connectivity index (χ1) is 13.3. The first kappa shape index (κ1) is 15.6. The molecular weight excluding hydrogens is 332 g/mol. The third-order valence-electron chi connectivity index (χ3n) is 4.76. The third kappa shape index (κ3) is 2.62. The lowest BCUT2D eigenvalue weighted by Gasteiger charge is -2.14. The highest BCUT2D eigenvalue weighted by Crippen LogP contribution is 2.31. The van der Waals surface area contributed by atoms with Crippen LogP contribution in [-0.2, 0) is 0 Å². The Kier molecular flexibility index (Phi) is 3.61. The summed E-state index contributed by atoms with van der Waals surface area (Å²) in [6, 6.07) is 28.7. The molecule has 1 aromatic heterocycles. The fourth-order valence-corrected chi connectivity index (χ4v) is 3.52. The number of fused-ring (bicyclic) bond motifs is 3. The molecule has 2 heterocycles. The van der Waals surface area contributed by atoms with E-state index < -0.39 is 0 Å². The smallest absolute Gasteiger partial charge is 0.250 e. The first-order valence-electron chi connectivity index (χ1n) is 8.96. The molecule has 3 aromatic carbocycles. The molecule has 0 saturated carbocycles.